The quantitative estimate of drug-likeness (QED) is 0.0519. The van der Waals surface area contributed by atoms with Crippen molar-refractivity contribution in [1.82, 2.24) is 0 Å². The van der Waals surface area contributed by atoms with E-state index in [1.807, 2.05) is 13.8 Å². The van der Waals surface area contributed by atoms with Gasteiger partial charge in [-0.3, -0.25) is 9.59 Å². The van der Waals surface area contributed by atoms with Crippen molar-refractivity contribution >= 4 is 44.1 Å². The minimum atomic E-state index is -2.01. The fourth-order valence-corrected chi connectivity index (χ4v) is 10.7. The molecule has 52 heavy (non-hydrogen) atoms. The molecule has 10 nitrogen and oxygen atoms in total. The number of hydrogen-bond donors (Lipinski definition) is 4. The third kappa shape index (κ3) is 4.49. The normalized spacial score (nSPS) is 33.5. The molecule has 4 aromatic carbocycles. The van der Waals surface area contributed by atoms with Crippen LogP contribution >= 0.6 is 0 Å². The molecule has 0 aliphatic heterocycles. The van der Waals surface area contributed by atoms with Crippen molar-refractivity contribution < 1.29 is 39.5 Å². The number of rotatable bonds is 8. The molecule has 0 unspecified atom stereocenters. The Balaban J connectivity index is 1.12. The number of nitrogens with zero attached hydrogens (tertiary/aromatic N) is 2. The molecule has 268 valence electrons. The highest BCUT2D eigenvalue weighted by Crippen LogP contribution is 2.77. The van der Waals surface area contributed by atoms with Gasteiger partial charge in [-0.2, -0.15) is 0 Å². The number of aliphatic hydroxyl groups excluding tert-OH is 2. The molecule has 4 N–H and O–H groups in total. The first-order valence-corrected chi connectivity index (χ1v) is 18.0. The van der Waals surface area contributed by atoms with Gasteiger partial charge in [-0.25, -0.2) is 0 Å². The Bertz CT molecular complexity index is 2290. The zero-order valence-corrected chi connectivity index (χ0v) is 29.7. The van der Waals surface area contributed by atoms with Crippen LogP contribution in [0.5, 0.6) is 0 Å². The molecular weight excluding hydrogens is 660 g/mol. The van der Waals surface area contributed by atoms with Crippen LogP contribution in [0.2, 0.25) is 0 Å². The van der Waals surface area contributed by atoms with Crippen LogP contribution in [-0.2, 0) is 25.5 Å². The maximum Gasteiger partial charge on any atom is 0.429 e. The van der Waals surface area contributed by atoms with Crippen molar-refractivity contribution in [1.29, 1.82) is 5.39 Å². The van der Waals surface area contributed by atoms with Crippen LogP contribution in [0.15, 0.2) is 90.0 Å². The van der Waals surface area contributed by atoms with Crippen LogP contribution in [0.1, 0.15) is 52.5 Å². The van der Waals surface area contributed by atoms with Gasteiger partial charge in [0.1, 0.15) is 11.7 Å². The molecule has 0 aromatic heterocycles. The lowest BCUT2D eigenvalue weighted by molar-refractivity contribution is -0.228. The molecule has 0 heterocycles. The summed E-state index contributed by atoms with van der Waals surface area (Å²) < 4.78 is 12.5. The van der Waals surface area contributed by atoms with E-state index in [4.69, 9.17) is 9.47 Å². The van der Waals surface area contributed by atoms with Crippen molar-refractivity contribution in [2.45, 2.75) is 76.3 Å². The number of esters is 1. The molecule has 0 amide bonds. The van der Waals surface area contributed by atoms with Gasteiger partial charge < -0.3 is 29.9 Å². The lowest BCUT2D eigenvalue weighted by Crippen LogP contribution is -2.66. The first-order valence-electron chi connectivity index (χ1n) is 18.0. The molecule has 0 spiro atoms. The maximum absolute atomic E-state index is 13.9. The molecule has 4 aromatic rings. The number of carbonyl (C=O) groups excluding carboxylic acids is 2. The average Bonchev–Trinajstić information content (AvgIpc) is 3.54. The standard InChI is InChI=1S/C42H42N2O8/c1-22-17-31-40(49,37(22)48)19-24(21-45)18-30-36-39(3,4)42(36,52-33(47)20-44-43)38(23(2)41(30,31)50)51-32(46)10-6-7-25-11-12-28-14-13-26-8-5-9-27-15-16-29(25)35(28)34(26)27/h5,8-9,11-18,20,23,30-31,36,38,45,49-50H,6-7,10,19,21H2,1-4H3/p+1/b33-20-/t23-,30+,31-,36-,38-,40-,41-,42-/m1/s1. The largest absolute Gasteiger partial charge is 0.476 e. The number of fused-ring (bicyclic) bond motifs is 5. The van der Waals surface area contributed by atoms with E-state index in [2.05, 4.69) is 59.6 Å². The third-order valence-corrected chi connectivity index (χ3v) is 13.1. The zero-order chi connectivity index (χ0) is 37.0. The highest BCUT2D eigenvalue weighted by Gasteiger charge is 2.88. The first kappa shape index (κ1) is 34.3. The number of aryl methyl sites for hydroxylation is 1. The van der Waals surface area contributed by atoms with Crippen LogP contribution in [-0.4, -0.2) is 61.7 Å². The Kier molecular flexibility index (Phi) is 7.64. The summed E-state index contributed by atoms with van der Waals surface area (Å²) >= 11 is 0. The smallest absolute Gasteiger partial charge is 0.429 e. The second-order valence-corrected chi connectivity index (χ2v) is 16.0. The fourth-order valence-electron chi connectivity index (χ4n) is 10.7. The fraction of sp³-hybridized carbons (Fsp3) is 0.429. The number of Topliss-reactive ketones (excluding diaryl/α,β-unsaturated/α-hetero) is 1. The molecule has 4 aliphatic carbocycles. The van der Waals surface area contributed by atoms with Crippen LogP contribution in [0.3, 0.4) is 0 Å². The number of hydrogen-bond acceptors (Lipinski definition) is 9. The van der Waals surface area contributed by atoms with Crippen molar-refractivity contribution in [3.05, 3.63) is 101 Å². The predicted molar refractivity (Wildman–Crippen MR) is 194 cm³/mol. The van der Waals surface area contributed by atoms with E-state index in [0.717, 1.165) is 22.5 Å². The molecule has 0 radical (unpaired) electrons. The van der Waals surface area contributed by atoms with Crippen LogP contribution in [0.25, 0.3) is 37.3 Å². The summed E-state index contributed by atoms with van der Waals surface area (Å²) in [6.45, 7) is 6.60. The molecular formula is C42H43N2O8+. The summed E-state index contributed by atoms with van der Waals surface area (Å²) in [7, 11) is 0. The van der Waals surface area contributed by atoms with E-state index in [9.17, 15) is 35.4 Å². The number of aliphatic hydroxyl groups is 4. The van der Waals surface area contributed by atoms with Gasteiger partial charge in [-0.15, -0.1) is 0 Å². The van der Waals surface area contributed by atoms with Gasteiger partial charge in [0.15, 0.2) is 16.4 Å². The topological polar surface area (TPSA) is 162 Å². The minimum absolute atomic E-state index is 0.0570. The van der Waals surface area contributed by atoms with Crippen LogP contribution < -0.4 is 0 Å². The lowest BCUT2D eigenvalue weighted by Gasteiger charge is -2.53. The monoisotopic (exact) mass is 703 g/mol. The van der Waals surface area contributed by atoms with E-state index < -0.39 is 76.3 Å². The number of benzene rings is 4. The van der Waals surface area contributed by atoms with E-state index in [1.165, 1.54) is 21.5 Å². The van der Waals surface area contributed by atoms with Gasteiger partial charge in [0.25, 0.3) is 0 Å². The Morgan fingerprint density at radius 2 is 1.69 bits per heavy atom. The Hall–Kier alpha value is -4.82. The maximum atomic E-state index is 13.9. The predicted octanol–water partition coefficient (Wildman–Crippen LogP) is 6.64. The van der Waals surface area contributed by atoms with E-state index in [0.29, 0.717) is 24.0 Å². The number of diazo groups is 1. The van der Waals surface area contributed by atoms with Crippen molar-refractivity contribution in [2.75, 3.05) is 6.61 Å². The van der Waals surface area contributed by atoms with Gasteiger partial charge in [-0.1, -0.05) is 87.5 Å². The second-order valence-electron chi connectivity index (χ2n) is 16.0. The van der Waals surface area contributed by atoms with Gasteiger partial charge in [0.2, 0.25) is 5.39 Å². The molecule has 8 rings (SSSR count). The van der Waals surface area contributed by atoms with Gasteiger partial charge in [0.05, 0.1) is 12.2 Å². The van der Waals surface area contributed by atoms with Gasteiger partial charge in [0, 0.05) is 41.9 Å². The Morgan fingerprint density at radius 3 is 2.38 bits per heavy atom. The van der Waals surface area contributed by atoms with Gasteiger partial charge in [-0.05, 0) is 68.8 Å². The minimum Gasteiger partial charge on any atom is -0.476 e. The van der Waals surface area contributed by atoms with Gasteiger partial charge >= 0.3 is 18.1 Å². The third-order valence-electron chi connectivity index (χ3n) is 13.1. The molecule has 4 aliphatic rings. The molecule has 0 saturated heterocycles. The highest BCUT2D eigenvalue weighted by atomic mass is 16.6. The zero-order valence-electron chi connectivity index (χ0n) is 29.7. The number of carbonyl (C=O) groups is 2. The number of ether oxygens (including phenoxy) is 2. The second kappa shape index (κ2) is 11.6. The number of ketones is 1. The summed E-state index contributed by atoms with van der Waals surface area (Å²) in [6.07, 6.45) is 3.88. The molecule has 2 saturated carbocycles. The Morgan fingerprint density at radius 1 is 1.02 bits per heavy atom. The Labute approximate surface area is 301 Å². The summed E-state index contributed by atoms with van der Waals surface area (Å²) in [4.78, 5) is 30.2. The molecule has 0 bridgehead atoms. The SMILES string of the molecule is CC1=C[C@H]2[C@@]3(O)[C@H](C)[C@@H](OC(=O)CCCc4ccc5ccc6cccc7ccc4c5c67)[C@]4(O/C(O)=C\[N+]#N)[C@H]([C@@H]3C=C(CO)C[C@]2(O)C1=O)C4(C)C. The van der Waals surface area contributed by atoms with Crippen LogP contribution in [0.4, 0.5) is 0 Å². The van der Waals surface area contributed by atoms with Crippen molar-refractivity contribution in [2.24, 2.45) is 29.1 Å². The lowest BCUT2D eigenvalue weighted by atomic mass is 9.59. The van der Waals surface area contributed by atoms with Crippen LogP contribution in [0, 0.1) is 34.5 Å². The van der Waals surface area contributed by atoms with E-state index in [1.54, 1.807) is 26.0 Å². The van der Waals surface area contributed by atoms with E-state index >= 15 is 0 Å². The summed E-state index contributed by atoms with van der Waals surface area (Å²) in [6, 6.07) is 19.1. The molecule has 10 heteroatoms. The summed E-state index contributed by atoms with van der Waals surface area (Å²) in [5.74, 6) is -5.15. The highest BCUT2D eigenvalue weighted by molar-refractivity contribution is 6.23. The summed E-state index contributed by atoms with van der Waals surface area (Å²) in [5.41, 5.74) is -4.26. The van der Waals surface area contributed by atoms with E-state index in [-0.39, 0.29) is 12.8 Å². The summed E-state index contributed by atoms with van der Waals surface area (Å²) in [5, 5.41) is 62.3. The first-order chi connectivity index (χ1) is 24.7. The van der Waals surface area contributed by atoms with Crippen molar-refractivity contribution in [3.63, 3.8) is 0 Å². The molecule has 8 atom stereocenters. The molecule has 2 fully saturated rings. The van der Waals surface area contributed by atoms with Crippen molar-refractivity contribution in [3.8, 4) is 0 Å². The average molecular weight is 704 g/mol.